The predicted octanol–water partition coefficient (Wildman–Crippen LogP) is 3.93. The normalized spacial score (nSPS) is 12.7. The standard InChI is InChI=1S/C13H11Br2FN2O/c1-8(9-5-3-2-4-6-9)18-10(7-11(16)17-18)12(19)13(14)15/h2-8,13H,1H3/t8-/m1/s1. The van der Waals surface area contributed by atoms with E-state index >= 15 is 0 Å². The smallest absolute Gasteiger partial charge is 0.233 e. The molecule has 1 aromatic carbocycles. The molecule has 0 aliphatic rings. The van der Waals surface area contributed by atoms with Crippen LogP contribution < -0.4 is 0 Å². The zero-order valence-corrected chi connectivity index (χ0v) is 13.2. The van der Waals surface area contributed by atoms with E-state index < -0.39 is 9.68 Å². The predicted molar refractivity (Wildman–Crippen MR) is 78.4 cm³/mol. The second-order valence-electron chi connectivity index (χ2n) is 4.05. The van der Waals surface area contributed by atoms with Crippen LogP contribution in [0.2, 0.25) is 0 Å². The van der Waals surface area contributed by atoms with E-state index in [1.165, 1.54) is 4.68 Å². The van der Waals surface area contributed by atoms with Gasteiger partial charge in [0.2, 0.25) is 11.7 Å². The Morgan fingerprint density at radius 2 is 1.95 bits per heavy atom. The Labute approximate surface area is 127 Å². The van der Waals surface area contributed by atoms with E-state index in [-0.39, 0.29) is 17.5 Å². The van der Waals surface area contributed by atoms with Gasteiger partial charge >= 0.3 is 0 Å². The molecule has 1 heterocycles. The van der Waals surface area contributed by atoms with E-state index in [9.17, 15) is 9.18 Å². The molecule has 0 fully saturated rings. The van der Waals surface area contributed by atoms with Crippen molar-refractivity contribution < 1.29 is 9.18 Å². The first kappa shape index (κ1) is 14.4. The monoisotopic (exact) mass is 388 g/mol. The van der Waals surface area contributed by atoms with Crippen molar-refractivity contribution in [3.8, 4) is 0 Å². The lowest BCUT2D eigenvalue weighted by molar-refractivity contribution is 0.100. The van der Waals surface area contributed by atoms with Crippen molar-refractivity contribution in [1.29, 1.82) is 0 Å². The summed E-state index contributed by atoms with van der Waals surface area (Å²) in [4.78, 5) is 12.0. The molecule has 0 N–H and O–H groups in total. The summed E-state index contributed by atoms with van der Waals surface area (Å²) in [6.07, 6.45) is 0. The Balaban J connectivity index is 2.43. The van der Waals surface area contributed by atoms with E-state index in [4.69, 9.17) is 0 Å². The van der Waals surface area contributed by atoms with Crippen LogP contribution in [0, 0.1) is 5.95 Å². The lowest BCUT2D eigenvalue weighted by Gasteiger charge is -2.15. The fourth-order valence-corrected chi connectivity index (χ4v) is 2.30. The second kappa shape index (κ2) is 5.96. The number of nitrogens with zero attached hydrogens (tertiary/aromatic N) is 2. The van der Waals surface area contributed by atoms with Crippen molar-refractivity contribution in [3.63, 3.8) is 0 Å². The van der Waals surface area contributed by atoms with Gasteiger partial charge in [-0.05, 0) is 12.5 Å². The number of alkyl halides is 2. The summed E-state index contributed by atoms with van der Waals surface area (Å²) in [6.45, 7) is 1.87. The number of rotatable bonds is 4. The van der Waals surface area contributed by atoms with Crippen LogP contribution in [-0.4, -0.2) is 19.3 Å². The van der Waals surface area contributed by atoms with E-state index in [0.717, 1.165) is 11.6 Å². The summed E-state index contributed by atoms with van der Waals surface area (Å²) in [5.41, 5.74) is 1.19. The first-order valence-corrected chi connectivity index (χ1v) is 7.46. The molecule has 0 bridgehead atoms. The fraction of sp³-hybridized carbons (Fsp3) is 0.231. The molecule has 0 amide bonds. The lowest BCUT2D eigenvalue weighted by Crippen LogP contribution is -2.18. The van der Waals surface area contributed by atoms with Crippen LogP contribution in [0.3, 0.4) is 0 Å². The van der Waals surface area contributed by atoms with E-state index in [1.807, 2.05) is 37.3 Å². The largest absolute Gasteiger partial charge is 0.290 e. The quantitative estimate of drug-likeness (QED) is 0.586. The number of Topliss-reactive ketones (excluding diaryl/α,β-unsaturated/α-hetero) is 1. The van der Waals surface area contributed by atoms with Gasteiger partial charge < -0.3 is 0 Å². The van der Waals surface area contributed by atoms with Gasteiger partial charge in [0, 0.05) is 6.07 Å². The highest BCUT2D eigenvalue weighted by molar-refractivity contribution is 9.25. The number of halogens is 3. The Bertz CT molecular complexity index is 584. The zero-order chi connectivity index (χ0) is 14.0. The first-order chi connectivity index (χ1) is 9.00. The molecule has 0 radical (unpaired) electrons. The van der Waals surface area contributed by atoms with Gasteiger partial charge in [0.25, 0.3) is 0 Å². The number of hydrogen-bond acceptors (Lipinski definition) is 2. The summed E-state index contributed by atoms with van der Waals surface area (Å²) >= 11 is 6.26. The van der Waals surface area contributed by atoms with Crippen LogP contribution >= 0.6 is 31.9 Å². The summed E-state index contributed by atoms with van der Waals surface area (Å²) < 4.78 is 14.2. The van der Waals surface area contributed by atoms with Gasteiger partial charge in [-0.1, -0.05) is 62.2 Å². The third kappa shape index (κ3) is 3.12. The van der Waals surface area contributed by atoms with Gasteiger partial charge in [0.15, 0.2) is 0 Å². The van der Waals surface area contributed by atoms with Crippen molar-refractivity contribution in [2.45, 2.75) is 16.7 Å². The van der Waals surface area contributed by atoms with E-state index in [0.29, 0.717) is 0 Å². The molecular weight excluding hydrogens is 379 g/mol. The van der Waals surface area contributed by atoms with Gasteiger partial charge in [0.1, 0.15) is 9.43 Å². The van der Waals surface area contributed by atoms with Crippen molar-refractivity contribution in [1.82, 2.24) is 9.78 Å². The van der Waals surface area contributed by atoms with E-state index in [2.05, 4.69) is 37.0 Å². The molecule has 6 heteroatoms. The number of aromatic nitrogens is 2. The molecule has 1 atom stereocenters. The number of benzene rings is 1. The molecule has 2 rings (SSSR count). The van der Waals surface area contributed by atoms with Gasteiger partial charge in [-0.3, -0.25) is 9.48 Å². The third-order valence-corrected chi connectivity index (χ3v) is 3.64. The maximum atomic E-state index is 13.4. The van der Waals surface area contributed by atoms with Gasteiger partial charge in [-0.25, -0.2) is 0 Å². The molecule has 0 saturated carbocycles. The lowest BCUT2D eigenvalue weighted by atomic mass is 10.1. The molecule has 2 aromatic rings. The third-order valence-electron chi connectivity index (χ3n) is 2.81. The maximum Gasteiger partial charge on any atom is 0.233 e. The summed E-state index contributed by atoms with van der Waals surface area (Å²) in [5.74, 6) is -0.925. The first-order valence-electron chi connectivity index (χ1n) is 5.63. The molecular formula is C13H11Br2FN2O. The van der Waals surface area contributed by atoms with Crippen LogP contribution in [0.1, 0.15) is 29.0 Å². The van der Waals surface area contributed by atoms with Crippen molar-refractivity contribution >= 4 is 37.6 Å². The number of carbonyl (C=O) groups is 1. The molecule has 100 valence electrons. The summed E-state index contributed by atoms with van der Waals surface area (Å²) in [6, 6.07) is 10.5. The maximum absolute atomic E-state index is 13.4. The minimum absolute atomic E-state index is 0.219. The Morgan fingerprint density at radius 3 is 2.53 bits per heavy atom. The average Bonchev–Trinajstić information content (AvgIpc) is 2.79. The average molecular weight is 390 g/mol. The number of hydrogen-bond donors (Lipinski definition) is 0. The second-order valence-corrected chi connectivity index (χ2v) is 7.11. The van der Waals surface area contributed by atoms with Gasteiger partial charge in [-0.15, -0.1) is 5.10 Å². The van der Waals surface area contributed by atoms with Crippen molar-refractivity contribution in [3.05, 3.63) is 53.6 Å². The van der Waals surface area contributed by atoms with Crippen molar-refractivity contribution in [2.24, 2.45) is 0 Å². The number of carbonyl (C=O) groups excluding carboxylic acids is 1. The van der Waals surface area contributed by atoms with Crippen LogP contribution in [0.15, 0.2) is 36.4 Å². The summed E-state index contributed by atoms with van der Waals surface area (Å²) in [5, 5.41) is 3.78. The molecule has 1 aromatic heterocycles. The molecule has 19 heavy (non-hydrogen) atoms. The van der Waals surface area contributed by atoms with Crippen LogP contribution in [0.5, 0.6) is 0 Å². The minimum Gasteiger partial charge on any atom is -0.290 e. The minimum atomic E-state index is -0.660. The van der Waals surface area contributed by atoms with Gasteiger partial charge in [0.05, 0.1) is 6.04 Å². The fourth-order valence-electron chi connectivity index (χ4n) is 1.83. The molecule has 0 saturated heterocycles. The topological polar surface area (TPSA) is 34.9 Å². The highest BCUT2D eigenvalue weighted by Gasteiger charge is 2.23. The summed E-state index contributed by atoms with van der Waals surface area (Å²) in [7, 11) is 0. The Hall–Kier alpha value is -1.01. The molecule has 0 aliphatic heterocycles. The highest BCUT2D eigenvalue weighted by Crippen LogP contribution is 2.23. The highest BCUT2D eigenvalue weighted by atomic mass is 79.9. The van der Waals surface area contributed by atoms with Crippen LogP contribution in [0.4, 0.5) is 4.39 Å². The Kier molecular flexibility index (Phi) is 4.52. The van der Waals surface area contributed by atoms with Gasteiger partial charge in [-0.2, -0.15) is 4.39 Å². The van der Waals surface area contributed by atoms with E-state index in [1.54, 1.807) is 0 Å². The zero-order valence-electron chi connectivity index (χ0n) is 10.1. The Morgan fingerprint density at radius 1 is 1.32 bits per heavy atom. The molecule has 0 aliphatic carbocycles. The molecule has 3 nitrogen and oxygen atoms in total. The van der Waals surface area contributed by atoms with Crippen molar-refractivity contribution in [2.75, 3.05) is 0 Å². The van der Waals surface area contributed by atoms with Crippen LogP contribution in [-0.2, 0) is 0 Å². The van der Waals surface area contributed by atoms with Crippen LogP contribution in [0.25, 0.3) is 0 Å². The molecule has 0 spiro atoms. The SMILES string of the molecule is C[C@H](c1ccccc1)n1nc(F)cc1C(=O)C(Br)Br. The number of ketones is 1. The molecule has 0 unspecified atom stereocenters.